The molecule has 1 aliphatic rings. The molecule has 1 aromatic heterocycles. The number of nitrogens with zero attached hydrogens (tertiary/aromatic N) is 2. The maximum atomic E-state index is 11.6. The van der Waals surface area contributed by atoms with Gasteiger partial charge in [-0.05, 0) is 12.8 Å². The van der Waals surface area contributed by atoms with Crippen LogP contribution in [-0.2, 0) is 26.4 Å². The van der Waals surface area contributed by atoms with Crippen molar-refractivity contribution in [1.29, 1.82) is 0 Å². The van der Waals surface area contributed by atoms with Gasteiger partial charge in [0.25, 0.3) is 0 Å². The number of rotatable bonds is 6. The van der Waals surface area contributed by atoms with Crippen molar-refractivity contribution in [3.05, 3.63) is 11.7 Å². The molecule has 1 heterocycles. The molecule has 0 spiro atoms. The lowest BCUT2D eigenvalue weighted by molar-refractivity contribution is -0.131. The smallest absolute Gasteiger partial charge is 0.244 e. The van der Waals surface area contributed by atoms with E-state index >= 15 is 0 Å². The molecule has 8 heteroatoms. The molecule has 0 atom stereocenters. The molecule has 2 amide bonds. The zero-order valence-corrected chi connectivity index (χ0v) is 13.7. The number of aromatic nitrogens is 2. The summed E-state index contributed by atoms with van der Waals surface area (Å²) < 4.78 is 5.26. The van der Waals surface area contributed by atoms with E-state index in [1.807, 2.05) is 0 Å². The van der Waals surface area contributed by atoms with Crippen molar-refractivity contribution in [3.8, 4) is 0 Å². The lowest BCUT2D eigenvalue weighted by Crippen LogP contribution is -2.45. The van der Waals surface area contributed by atoms with Gasteiger partial charge >= 0.3 is 0 Å². The number of aryl methyl sites for hydroxylation is 1. The molecule has 1 aliphatic carbocycles. The fourth-order valence-electron chi connectivity index (χ4n) is 3.01. The number of amides is 2. The average molecular weight is 324 g/mol. The Hall–Kier alpha value is -1.96. The van der Waals surface area contributed by atoms with E-state index in [4.69, 9.17) is 4.52 Å². The van der Waals surface area contributed by atoms with Crippen molar-refractivity contribution in [1.82, 2.24) is 20.9 Å². The summed E-state index contributed by atoms with van der Waals surface area (Å²) in [5.74, 6) is 0.549. The van der Waals surface area contributed by atoms with E-state index in [-0.39, 0.29) is 18.2 Å². The fraction of sp³-hybridized carbons (Fsp3) is 0.733. The van der Waals surface area contributed by atoms with Crippen LogP contribution in [0, 0.1) is 0 Å². The van der Waals surface area contributed by atoms with Crippen molar-refractivity contribution in [2.45, 2.75) is 63.8 Å². The van der Waals surface area contributed by atoms with Crippen LogP contribution in [0.1, 0.15) is 63.6 Å². The third-order valence-corrected chi connectivity index (χ3v) is 4.05. The highest BCUT2D eigenvalue weighted by atomic mass is 16.6. The summed E-state index contributed by atoms with van der Waals surface area (Å²) in [6.45, 7) is 1.50. The van der Waals surface area contributed by atoms with E-state index in [9.17, 15) is 9.59 Å². The Balaban J connectivity index is 2.10. The summed E-state index contributed by atoms with van der Waals surface area (Å²) in [4.78, 5) is 32.0. The van der Waals surface area contributed by atoms with E-state index in [0.717, 1.165) is 38.5 Å². The predicted octanol–water partition coefficient (Wildman–Crippen LogP) is 1.37. The van der Waals surface area contributed by atoms with Gasteiger partial charge in [0.1, 0.15) is 5.54 Å². The standard InChI is InChI=1S/C15H24N4O4/c1-11(20)17-15(9-5-3-4-6-10-15)14-16-13(23-19-14)8-7-12(21)18-22-2/h3-10H2,1-2H3,(H,17,20)(H,18,21). The van der Waals surface area contributed by atoms with Crippen LogP contribution in [-0.4, -0.2) is 29.1 Å². The lowest BCUT2D eigenvalue weighted by Gasteiger charge is -2.30. The first-order chi connectivity index (χ1) is 11.1. The van der Waals surface area contributed by atoms with E-state index in [0.29, 0.717) is 18.1 Å². The summed E-state index contributed by atoms with van der Waals surface area (Å²) >= 11 is 0. The molecule has 8 nitrogen and oxygen atoms in total. The second kappa shape index (κ2) is 8.05. The van der Waals surface area contributed by atoms with Crippen molar-refractivity contribution in [2.24, 2.45) is 0 Å². The Kier molecular flexibility index (Phi) is 6.09. The van der Waals surface area contributed by atoms with Crippen LogP contribution in [0.3, 0.4) is 0 Å². The predicted molar refractivity (Wildman–Crippen MR) is 81.0 cm³/mol. The quantitative estimate of drug-likeness (QED) is 0.604. The Morgan fingerprint density at radius 1 is 1.26 bits per heavy atom. The zero-order valence-electron chi connectivity index (χ0n) is 13.7. The molecule has 2 rings (SSSR count). The molecule has 0 radical (unpaired) electrons. The van der Waals surface area contributed by atoms with Gasteiger partial charge in [-0.2, -0.15) is 4.98 Å². The second-order valence-electron chi connectivity index (χ2n) is 5.92. The molecule has 0 aromatic carbocycles. The van der Waals surface area contributed by atoms with Crippen LogP contribution < -0.4 is 10.8 Å². The Morgan fingerprint density at radius 2 is 1.96 bits per heavy atom. The minimum absolute atomic E-state index is 0.0993. The Bertz CT molecular complexity index is 535. The Labute approximate surface area is 135 Å². The monoisotopic (exact) mass is 324 g/mol. The van der Waals surface area contributed by atoms with Crippen molar-refractivity contribution >= 4 is 11.8 Å². The highest BCUT2D eigenvalue weighted by Crippen LogP contribution is 2.34. The Morgan fingerprint density at radius 3 is 2.57 bits per heavy atom. The summed E-state index contributed by atoms with van der Waals surface area (Å²) in [6.07, 6.45) is 6.44. The normalized spacial score (nSPS) is 17.3. The van der Waals surface area contributed by atoms with Crippen molar-refractivity contribution < 1.29 is 18.9 Å². The number of hydrogen-bond acceptors (Lipinski definition) is 6. The zero-order chi connectivity index (χ0) is 16.7. The maximum Gasteiger partial charge on any atom is 0.244 e. The molecule has 0 saturated heterocycles. The number of nitrogens with one attached hydrogen (secondary N) is 2. The first-order valence-corrected chi connectivity index (χ1v) is 7.99. The molecule has 2 N–H and O–H groups in total. The highest BCUT2D eigenvalue weighted by molar-refractivity contribution is 5.75. The lowest BCUT2D eigenvalue weighted by atomic mass is 9.89. The van der Waals surface area contributed by atoms with Crippen LogP contribution in [0.25, 0.3) is 0 Å². The summed E-state index contributed by atoms with van der Waals surface area (Å²) in [5.41, 5.74) is 1.69. The molecule has 1 fully saturated rings. The first-order valence-electron chi connectivity index (χ1n) is 7.99. The van der Waals surface area contributed by atoms with Crippen LogP contribution in [0.2, 0.25) is 0 Å². The molecule has 1 saturated carbocycles. The van der Waals surface area contributed by atoms with Gasteiger partial charge in [-0.25, -0.2) is 5.48 Å². The van der Waals surface area contributed by atoms with Gasteiger partial charge in [0, 0.05) is 19.8 Å². The fourth-order valence-corrected chi connectivity index (χ4v) is 3.01. The number of hydroxylamine groups is 1. The first kappa shape index (κ1) is 17.4. The molecular formula is C15H24N4O4. The molecule has 0 unspecified atom stereocenters. The van der Waals surface area contributed by atoms with Gasteiger partial charge in [0.2, 0.25) is 17.7 Å². The van der Waals surface area contributed by atoms with Crippen LogP contribution in [0.5, 0.6) is 0 Å². The van der Waals surface area contributed by atoms with Crippen molar-refractivity contribution in [3.63, 3.8) is 0 Å². The SMILES string of the molecule is CONC(=O)CCc1nc(C2(NC(C)=O)CCCCCC2)no1. The highest BCUT2D eigenvalue weighted by Gasteiger charge is 2.38. The summed E-state index contributed by atoms with van der Waals surface area (Å²) in [6, 6.07) is 0. The topological polar surface area (TPSA) is 106 Å². The van der Waals surface area contributed by atoms with E-state index in [1.165, 1.54) is 14.0 Å². The van der Waals surface area contributed by atoms with Gasteiger partial charge in [0.15, 0.2) is 5.82 Å². The molecular weight excluding hydrogens is 300 g/mol. The summed E-state index contributed by atoms with van der Waals surface area (Å²) in [7, 11) is 1.38. The average Bonchev–Trinajstić information content (AvgIpc) is 2.86. The molecule has 0 bridgehead atoms. The number of carbonyl (C=O) groups excluding carboxylic acids is 2. The minimum atomic E-state index is -0.557. The van der Waals surface area contributed by atoms with Crippen LogP contribution in [0.4, 0.5) is 0 Å². The summed E-state index contributed by atoms with van der Waals surface area (Å²) in [5, 5.41) is 7.09. The van der Waals surface area contributed by atoms with Gasteiger partial charge in [-0.15, -0.1) is 0 Å². The van der Waals surface area contributed by atoms with Gasteiger partial charge < -0.3 is 9.84 Å². The van der Waals surface area contributed by atoms with Gasteiger partial charge in [-0.3, -0.25) is 14.4 Å². The number of hydrogen-bond donors (Lipinski definition) is 2. The van der Waals surface area contributed by atoms with Crippen molar-refractivity contribution in [2.75, 3.05) is 7.11 Å². The second-order valence-corrected chi connectivity index (χ2v) is 5.92. The van der Waals surface area contributed by atoms with Gasteiger partial charge in [-0.1, -0.05) is 30.8 Å². The number of carbonyl (C=O) groups is 2. The molecule has 1 aromatic rings. The molecule has 0 aliphatic heterocycles. The van der Waals surface area contributed by atoms with E-state index < -0.39 is 5.54 Å². The van der Waals surface area contributed by atoms with Gasteiger partial charge in [0.05, 0.1) is 7.11 Å². The third kappa shape index (κ3) is 4.75. The largest absolute Gasteiger partial charge is 0.343 e. The molecule has 128 valence electrons. The maximum absolute atomic E-state index is 11.6. The molecule has 23 heavy (non-hydrogen) atoms. The van der Waals surface area contributed by atoms with E-state index in [1.54, 1.807) is 0 Å². The van der Waals surface area contributed by atoms with Crippen LogP contribution >= 0.6 is 0 Å². The van der Waals surface area contributed by atoms with Crippen LogP contribution in [0.15, 0.2) is 4.52 Å². The minimum Gasteiger partial charge on any atom is -0.343 e. The van der Waals surface area contributed by atoms with E-state index in [2.05, 4.69) is 25.8 Å². The third-order valence-electron chi connectivity index (χ3n) is 4.05.